The van der Waals surface area contributed by atoms with Crippen LogP contribution < -0.4 is 0 Å². The van der Waals surface area contributed by atoms with E-state index >= 15 is 0 Å². The van der Waals surface area contributed by atoms with Crippen molar-refractivity contribution in [2.45, 2.75) is 58.2 Å². The van der Waals surface area contributed by atoms with Gasteiger partial charge in [0.25, 0.3) is 0 Å². The fourth-order valence-corrected chi connectivity index (χ4v) is 2.30. The molecule has 6 heteroatoms. The first-order valence-corrected chi connectivity index (χ1v) is 7.35. The van der Waals surface area contributed by atoms with Gasteiger partial charge in [0.15, 0.2) is 6.04 Å². The minimum absolute atomic E-state index is 0.0874. The second-order valence-corrected chi connectivity index (χ2v) is 6.59. The summed E-state index contributed by atoms with van der Waals surface area (Å²) in [5.41, 5.74) is 0.640. The third-order valence-electron chi connectivity index (χ3n) is 3.43. The first-order valence-electron chi connectivity index (χ1n) is 7.35. The molecule has 1 aromatic rings. The van der Waals surface area contributed by atoms with Gasteiger partial charge < -0.3 is 9.84 Å². The van der Waals surface area contributed by atoms with Gasteiger partial charge in [-0.2, -0.15) is 0 Å². The number of aliphatic carboxylic acids is 1. The fraction of sp³-hybridized carbons (Fsp3) is 0.562. The number of aromatic nitrogens is 1. The molecule has 0 radical (unpaired) electrons. The van der Waals surface area contributed by atoms with Crippen LogP contribution in [0.3, 0.4) is 0 Å². The van der Waals surface area contributed by atoms with E-state index in [4.69, 9.17) is 4.74 Å². The Labute approximate surface area is 130 Å². The molecule has 0 bridgehead atoms. The highest BCUT2D eigenvalue weighted by Crippen LogP contribution is 2.36. The van der Waals surface area contributed by atoms with Gasteiger partial charge in [0, 0.05) is 24.0 Å². The normalized spacial score (nSPS) is 16.0. The molecule has 1 unspecified atom stereocenters. The molecule has 0 spiro atoms. The number of pyridine rings is 1. The number of carboxylic acids is 1. The monoisotopic (exact) mass is 306 g/mol. The summed E-state index contributed by atoms with van der Waals surface area (Å²) < 4.78 is 5.40. The van der Waals surface area contributed by atoms with Crippen LogP contribution in [0, 0.1) is 6.92 Å². The summed E-state index contributed by atoms with van der Waals surface area (Å²) in [6, 6.07) is 0.581. The Morgan fingerprint density at radius 2 is 2.05 bits per heavy atom. The number of amides is 1. The van der Waals surface area contributed by atoms with Gasteiger partial charge in [-0.25, -0.2) is 9.59 Å². The van der Waals surface area contributed by atoms with Gasteiger partial charge in [-0.15, -0.1) is 0 Å². The second kappa shape index (κ2) is 5.94. The number of hydrogen-bond donors (Lipinski definition) is 1. The molecule has 1 fully saturated rings. The molecular weight excluding hydrogens is 284 g/mol. The van der Waals surface area contributed by atoms with Crippen molar-refractivity contribution in [1.29, 1.82) is 0 Å². The van der Waals surface area contributed by atoms with E-state index in [2.05, 4.69) is 4.98 Å². The van der Waals surface area contributed by atoms with Crippen LogP contribution in [0.5, 0.6) is 0 Å². The summed E-state index contributed by atoms with van der Waals surface area (Å²) in [6.07, 6.45) is 4.11. The van der Waals surface area contributed by atoms with E-state index in [1.807, 2.05) is 6.92 Å². The van der Waals surface area contributed by atoms with Crippen molar-refractivity contribution in [3.05, 3.63) is 29.6 Å². The highest BCUT2D eigenvalue weighted by atomic mass is 16.6. The van der Waals surface area contributed by atoms with Crippen LogP contribution in [0.2, 0.25) is 0 Å². The van der Waals surface area contributed by atoms with Crippen molar-refractivity contribution in [3.8, 4) is 0 Å². The van der Waals surface area contributed by atoms with Gasteiger partial charge in [-0.05, 0) is 52.2 Å². The van der Waals surface area contributed by atoms with Crippen LogP contribution in [0.15, 0.2) is 18.5 Å². The van der Waals surface area contributed by atoms with E-state index < -0.39 is 23.7 Å². The molecule has 0 saturated heterocycles. The van der Waals surface area contributed by atoms with Crippen LogP contribution in [-0.2, 0) is 9.53 Å². The number of nitrogens with zero attached hydrogens (tertiary/aromatic N) is 2. The van der Waals surface area contributed by atoms with Crippen LogP contribution >= 0.6 is 0 Å². The van der Waals surface area contributed by atoms with Gasteiger partial charge >= 0.3 is 12.1 Å². The summed E-state index contributed by atoms with van der Waals surface area (Å²) in [6.45, 7) is 7.11. The number of rotatable bonds is 4. The molecule has 1 aromatic heterocycles. The minimum atomic E-state index is -1.08. The Morgan fingerprint density at radius 3 is 2.50 bits per heavy atom. The van der Waals surface area contributed by atoms with Crippen LogP contribution in [-0.4, -0.2) is 38.7 Å². The van der Waals surface area contributed by atoms with Gasteiger partial charge in [0.05, 0.1) is 0 Å². The zero-order valence-corrected chi connectivity index (χ0v) is 13.4. The number of carboxylic acid groups (broad SMARTS) is 1. The van der Waals surface area contributed by atoms with Crippen molar-refractivity contribution in [2.24, 2.45) is 0 Å². The maximum atomic E-state index is 12.5. The third-order valence-corrected chi connectivity index (χ3v) is 3.43. The topological polar surface area (TPSA) is 79.7 Å². The molecule has 1 N–H and O–H groups in total. The van der Waals surface area contributed by atoms with E-state index in [9.17, 15) is 14.7 Å². The standard InChI is InChI=1S/C16H22N2O4/c1-10-7-8-17-9-12(10)13(14(19)20)18(11-5-6-11)15(21)22-16(2,3)4/h7-9,11,13H,5-6H2,1-4H3,(H,19,20). The smallest absolute Gasteiger partial charge is 0.411 e. The second-order valence-electron chi connectivity index (χ2n) is 6.59. The molecule has 2 rings (SSSR count). The van der Waals surface area contributed by atoms with Crippen molar-refractivity contribution < 1.29 is 19.4 Å². The fourth-order valence-electron chi connectivity index (χ4n) is 2.30. The van der Waals surface area contributed by atoms with Crippen LogP contribution in [0.1, 0.15) is 50.8 Å². The average molecular weight is 306 g/mol. The van der Waals surface area contributed by atoms with E-state index in [1.165, 1.54) is 11.1 Å². The Bertz CT molecular complexity index is 576. The highest BCUT2D eigenvalue weighted by molar-refractivity contribution is 5.82. The summed E-state index contributed by atoms with van der Waals surface area (Å²) in [5, 5.41) is 9.67. The lowest BCUT2D eigenvalue weighted by Gasteiger charge is -2.32. The maximum Gasteiger partial charge on any atom is 0.411 e. The lowest BCUT2D eigenvalue weighted by Crippen LogP contribution is -2.43. The van der Waals surface area contributed by atoms with E-state index in [1.54, 1.807) is 33.0 Å². The Balaban J connectivity index is 2.37. The predicted molar refractivity (Wildman–Crippen MR) is 80.4 cm³/mol. The zero-order valence-electron chi connectivity index (χ0n) is 13.4. The molecule has 1 aliphatic rings. The lowest BCUT2D eigenvalue weighted by atomic mass is 10.0. The molecular formula is C16H22N2O4. The van der Waals surface area contributed by atoms with Crippen molar-refractivity contribution in [1.82, 2.24) is 9.88 Å². The molecule has 22 heavy (non-hydrogen) atoms. The van der Waals surface area contributed by atoms with Crippen molar-refractivity contribution in [2.75, 3.05) is 0 Å². The summed E-state index contributed by atoms with van der Waals surface area (Å²) >= 11 is 0. The molecule has 1 heterocycles. The first-order chi connectivity index (χ1) is 10.2. The van der Waals surface area contributed by atoms with Crippen molar-refractivity contribution >= 4 is 12.1 Å². The number of aryl methyl sites for hydroxylation is 1. The zero-order chi connectivity index (χ0) is 16.5. The first kappa shape index (κ1) is 16.3. The minimum Gasteiger partial charge on any atom is -0.479 e. The predicted octanol–water partition coefficient (Wildman–Crippen LogP) is 2.92. The largest absolute Gasteiger partial charge is 0.479 e. The maximum absolute atomic E-state index is 12.5. The Kier molecular flexibility index (Phi) is 4.39. The molecule has 1 amide bonds. The average Bonchev–Trinajstić information content (AvgIpc) is 3.18. The van der Waals surface area contributed by atoms with Crippen LogP contribution in [0.4, 0.5) is 4.79 Å². The van der Waals surface area contributed by atoms with E-state index in [0.717, 1.165) is 18.4 Å². The molecule has 6 nitrogen and oxygen atoms in total. The number of ether oxygens (including phenoxy) is 1. The third kappa shape index (κ3) is 3.75. The molecule has 1 aliphatic carbocycles. The molecule has 0 aromatic carbocycles. The van der Waals surface area contributed by atoms with Gasteiger partial charge in [0.2, 0.25) is 0 Å². The number of carbonyl (C=O) groups is 2. The Morgan fingerprint density at radius 1 is 1.41 bits per heavy atom. The van der Waals surface area contributed by atoms with Gasteiger partial charge in [0.1, 0.15) is 5.60 Å². The van der Waals surface area contributed by atoms with Gasteiger partial charge in [-0.3, -0.25) is 9.88 Å². The quantitative estimate of drug-likeness (QED) is 0.925. The SMILES string of the molecule is Cc1ccncc1C(C(=O)O)N(C(=O)OC(C)(C)C)C1CC1. The molecule has 1 atom stereocenters. The summed E-state index contributed by atoms with van der Waals surface area (Å²) in [7, 11) is 0. The Hall–Kier alpha value is -2.11. The van der Waals surface area contributed by atoms with E-state index in [-0.39, 0.29) is 6.04 Å². The lowest BCUT2D eigenvalue weighted by molar-refractivity contribution is -0.143. The number of carbonyl (C=O) groups excluding carboxylic acids is 1. The molecule has 1 saturated carbocycles. The molecule has 120 valence electrons. The van der Waals surface area contributed by atoms with Crippen LogP contribution in [0.25, 0.3) is 0 Å². The highest BCUT2D eigenvalue weighted by Gasteiger charge is 2.43. The summed E-state index contributed by atoms with van der Waals surface area (Å²) in [5.74, 6) is -1.08. The molecule has 0 aliphatic heterocycles. The van der Waals surface area contributed by atoms with Gasteiger partial charge in [-0.1, -0.05) is 0 Å². The van der Waals surface area contributed by atoms with E-state index in [0.29, 0.717) is 5.56 Å². The summed E-state index contributed by atoms with van der Waals surface area (Å²) in [4.78, 5) is 29.7. The number of hydrogen-bond acceptors (Lipinski definition) is 4. The van der Waals surface area contributed by atoms with Crippen molar-refractivity contribution in [3.63, 3.8) is 0 Å².